The molecule has 0 aromatic heterocycles. The van der Waals surface area contributed by atoms with Gasteiger partial charge in [-0.2, -0.15) is 0 Å². The van der Waals surface area contributed by atoms with Crippen LogP contribution in [-0.4, -0.2) is 71.0 Å². The lowest BCUT2D eigenvalue weighted by molar-refractivity contribution is -0.286. The molecule has 94 valence electrons. The van der Waals surface area contributed by atoms with Gasteiger partial charge in [0, 0.05) is 0 Å². The summed E-state index contributed by atoms with van der Waals surface area (Å²) < 4.78 is 13.4. The van der Waals surface area contributed by atoms with E-state index in [4.69, 9.17) is 14.9 Å². The molecule has 8 heteroatoms. The van der Waals surface area contributed by atoms with Crippen molar-refractivity contribution in [1.29, 1.82) is 0 Å². The fourth-order valence-electron chi connectivity index (χ4n) is 1.28. The predicted molar refractivity (Wildman–Crippen MR) is 47.3 cm³/mol. The van der Waals surface area contributed by atoms with Gasteiger partial charge in [0.25, 0.3) is 0 Å². The Morgan fingerprint density at radius 2 is 1.81 bits per heavy atom. The van der Waals surface area contributed by atoms with Gasteiger partial charge in [0.15, 0.2) is 6.29 Å². The van der Waals surface area contributed by atoms with E-state index in [1.807, 2.05) is 0 Å². The molecule has 8 nitrogen and oxygen atoms in total. The van der Waals surface area contributed by atoms with E-state index < -0.39 is 43.5 Å². The molecule has 0 spiro atoms. The zero-order valence-electron chi connectivity index (χ0n) is 8.52. The molecular formula is C8H14O8. The first kappa shape index (κ1) is 13.1. The van der Waals surface area contributed by atoms with Gasteiger partial charge >= 0.3 is 6.16 Å². The molecule has 1 fully saturated rings. The molecule has 0 radical (unpaired) electrons. The quantitative estimate of drug-likeness (QED) is 0.391. The number of aliphatic hydroxyl groups is 4. The van der Waals surface area contributed by atoms with Gasteiger partial charge in [-0.25, -0.2) is 4.79 Å². The monoisotopic (exact) mass is 238 g/mol. The molecule has 1 rings (SSSR count). The summed E-state index contributed by atoms with van der Waals surface area (Å²) in [6.07, 6.45) is -8.41. The van der Waals surface area contributed by atoms with Crippen LogP contribution < -0.4 is 0 Å². The Morgan fingerprint density at radius 1 is 1.19 bits per heavy atom. The molecule has 4 N–H and O–H groups in total. The van der Waals surface area contributed by atoms with E-state index in [1.54, 1.807) is 0 Å². The number of aliphatic hydroxyl groups excluding tert-OH is 4. The third kappa shape index (κ3) is 2.80. The van der Waals surface area contributed by atoms with Crippen LogP contribution in [0.5, 0.6) is 0 Å². The second kappa shape index (κ2) is 5.41. The first-order valence-electron chi connectivity index (χ1n) is 4.56. The summed E-state index contributed by atoms with van der Waals surface area (Å²) in [6, 6.07) is 0. The lowest BCUT2D eigenvalue weighted by Crippen LogP contribution is -2.58. The van der Waals surface area contributed by atoms with Crippen LogP contribution in [0, 0.1) is 0 Å². The summed E-state index contributed by atoms with van der Waals surface area (Å²) in [5.74, 6) is 0. The van der Waals surface area contributed by atoms with Crippen molar-refractivity contribution in [1.82, 2.24) is 0 Å². The summed E-state index contributed by atoms with van der Waals surface area (Å²) in [5, 5.41) is 37.0. The highest BCUT2D eigenvalue weighted by Gasteiger charge is 2.43. The molecule has 0 aromatic rings. The van der Waals surface area contributed by atoms with Crippen LogP contribution in [0.4, 0.5) is 4.79 Å². The maximum atomic E-state index is 10.6. The fourth-order valence-corrected chi connectivity index (χ4v) is 1.28. The van der Waals surface area contributed by atoms with Gasteiger partial charge in [-0.3, -0.25) is 0 Å². The van der Waals surface area contributed by atoms with Crippen LogP contribution >= 0.6 is 0 Å². The standard InChI is InChI=1S/C8H14O8/c1-14-8(13)15-2-3-4(9)5(10)6(11)7(12)16-3/h3-7,9-12H,2H2,1H3/t3-,4-,5+,6-,7?/m1/s1. The highest BCUT2D eigenvalue weighted by atomic mass is 16.7. The molecule has 0 aromatic carbocycles. The smallest absolute Gasteiger partial charge is 0.438 e. The van der Waals surface area contributed by atoms with Crippen molar-refractivity contribution in [2.45, 2.75) is 30.7 Å². The minimum atomic E-state index is -1.65. The molecule has 5 atom stereocenters. The number of rotatable bonds is 2. The average Bonchev–Trinajstić information content (AvgIpc) is 2.28. The summed E-state index contributed by atoms with van der Waals surface area (Å²) >= 11 is 0. The van der Waals surface area contributed by atoms with Crippen LogP contribution in [0.2, 0.25) is 0 Å². The molecule has 1 unspecified atom stereocenters. The van der Waals surface area contributed by atoms with Crippen molar-refractivity contribution < 1.29 is 39.4 Å². The molecule has 1 aliphatic rings. The zero-order valence-corrected chi connectivity index (χ0v) is 8.52. The van der Waals surface area contributed by atoms with E-state index in [1.165, 1.54) is 0 Å². The molecule has 0 bridgehead atoms. The van der Waals surface area contributed by atoms with Crippen molar-refractivity contribution in [3.8, 4) is 0 Å². The number of methoxy groups -OCH3 is 1. The molecule has 0 amide bonds. The summed E-state index contributed by atoms with van der Waals surface area (Å²) in [5.41, 5.74) is 0. The lowest BCUT2D eigenvalue weighted by Gasteiger charge is -2.37. The minimum Gasteiger partial charge on any atom is -0.438 e. The van der Waals surface area contributed by atoms with Crippen LogP contribution in [0.3, 0.4) is 0 Å². The highest BCUT2D eigenvalue weighted by Crippen LogP contribution is 2.19. The van der Waals surface area contributed by atoms with Crippen molar-refractivity contribution in [2.24, 2.45) is 0 Å². The Bertz CT molecular complexity index is 244. The Morgan fingerprint density at radius 3 is 2.38 bits per heavy atom. The minimum absolute atomic E-state index is 0.408. The second-order valence-corrected chi connectivity index (χ2v) is 3.30. The first-order chi connectivity index (χ1) is 7.47. The fraction of sp³-hybridized carbons (Fsp3) is 0.875. The predicted octanol–water partition coefficient (Wildman–Crippen LogP) is -2.43. The van der Waals surface area contributed by atoms with Crippen molar-refractivity contribution in [3.63, 3.8) is 0 Å². The molecule has 1 saturated heterocycles. The zero-order chi connectivity index (χ0) is 12.3. The van der Waals surface area contributed by atoms with Crippen LogP contribution in [0.25, 0.3) is 0 Å². The van der Waals surface area contributed by atoms with Crippen LogP contribution in [0.1, 0.15) is 0 Å². The summed E-state index contributed by atoms with van der Waals surface area (Å²) in [4.78, 5) is 10.6. The molecule has 16 heavy (non-hydrogen) atoms. The van der Waals surface area contributed by atoms with Gasteiger partial charge in [0.1, 0.15) is 31.0 Å². The maximum absolute atomic E-state index is 10.6. The summed E-state index contributed by atoms with van der Waals surface area (Å²) in [7, 11) is 1.11. The lowest BCUT2D eigenvalue weighted by atomic mass is 9.99. The van der Waals surface area contributed by atoms with Crippen molar-refractivity contribution in [3.05, 3.63) is 0 Å². The van der Waals surface area contributed by atoms with E-state index in [2.05, 4.69) is 9.47 Å². The third-order valence-corrected chi connectivity index (χ3v) is 2.22. The Balaban J connectivity index is 2.50. The summed E-state index contributed by atoms with van der Waals surface area (Å²) in [6.45, 7) is -0.408. The first-order valence-corrected chi connectivity index (χ1v) is 4.56. The SMILES string of the molecule is COC(=O)OC[C@H]1OC(O)[C@H](O)[C@@H](O)[C@@H]1O. The van der Waals surface area contributed by atoms with Gasteiger partial charge in [-0.1, -0.05) is 0 Å². The number of ether oxygens (including phenoxy) is 3. The van der Waals surface area contributed by atoms with Gasteiger partial charge in [0.2, 0.25) is 0 Å². The van der Waals surface area contributed by atoms with Gasteiger partial charge in [-0.15, -0.1) is 0 Å². The largest absolute Gasteiger partial charge is 0.508 e. The third-order valence-electron chi connectivity index (χ3n) is 2.22. The number of hydrogen-bond donors (Lipinski definition) is 4. The van der Waals surface area contributed by atoms with E-state index in [-0.39, 0.29) is 0 Å². The van der Waals surface area contributed by atoms with E-state index in [0.29, 0.717) is 0 Å². The second-order valence-electron chi connectivity index (χ2n) is 3.30. The number of carbonyl (C=O) groups is 1. The Labute approximate surface area is 91.0 Å². The Hall–Kier alpha value is -0.930. The van der Waals surface area contributed by atoms with E-state index in [9.17, 15) is 15.0 Å². The van der Waals surface area contributed by atoms with Crippen LogP contribution in [0.15, 0.2) is 0 Å². The highest BCUT2D eigenvalue weighted by molar-refractivity contribution is 5.59. The van der Waals surface area contributed by atoms with Crippen molar-refractivity contribution >= 4 is 6.16 Å². The molecule has 0 saturated carbocycles. The Kier molecular flexibility index (Phi) is 4.44. The molecular weight excluding hydrogens is 224 g/mol. The molecule has 1 heterocycles. The average molecular weight is 238 g/mol. The number of hydrogen-bond acceptors (Lipinski definition) is 8. The van der Waals surface area contributed by atoms with Crippen molar-refractivity contribution in [2.75, 3.05) is 13.7 Å². The topological polar surface area (TPSA) is 126 Å². The van der Waals surface area contributed by atoms with E-state index >= 15 is 0 Å². The van der Waals surface area contributed by atoms with Gasteiger partial charge in [-0.05, 0) is 0 Å². The molecule has 1 aliphatic heterocycles. The maximum Gasteiger partial charge on any atom is 0.508 e. The van der Waals surface area contributed by atoms with E-state index in [0.717, 1.165) is 7.11 Å². The van der Waals surface area contributed by atoms with Gasteiger partial charge in [0.05, 0.1) is 7.11 Å². The van der Waals surface area contributed by atoms with Gasteiger partial charge < -0.3 is 34.6 Å². The number of carbonyl (C=O) groups excluding carboxylic acids is 1. The molecule has 0 aliphatic carbocycles. The van der Waals surface area contributed by atoms with Crippen LogP contribution in [-0.2, 0) is 14.2 Å². The normalized spacial score (nSPS) is 39.2.